The van der Waals surface area contributed by atoms with Gasteiger partial charge in [-0.1, -0.05) is 49.2 Å². The molecule has 23 heavy (non-hydrogen) atoms. The molecule has 0 aliphatic carbocycles. The molecule has 0 saturated heterocycles. The van der Waals surface area contributed by atoms with Gasteiger partial charge in [-0.15, -0.1) is 6.58 Å². The summed E-state index contributed by atoms with van der Waals surface area (Å²) in [5.74, 6) is 0. The van der Waals surface area contributed by atoms with Crippen molar-refractivity contribution in [2.75, 3.05) is 0 Å². The summed E-state index contributed by atoms with van der Waals surface area (Å²) in [6.07, 6.45) is 9.59. The molecule has 2 aromatic carbocycles. The number of aryl methyl sites for hydroxylation is 2. The number of benzene rings is 2. The van der Waals surface area contributed by atoms with Crippen LogP contribution in [-0.4, -0.2) is 4.57 Å². The van der Waals surface area contributed by atoms with Gasteiger partial charge in [0.25, 0.3) is 0 Å². The molecular formula is C22H27N. The minimum Gasteiger partial charge on any atom is -0.341 e. The monoisotopic (exact) mass is 305 g/mol. The van der Waals surface area contributed by atoms with Gasteiger partial charge in [0.05, 0.1) is 0 Å². The second-order valence-electron chi connectivity index (χ2n) is 6.35. The summed E-state index contributed by atoms with van der Waals surface area (Å²) in [7, 11) is 0. The molecule has 0 atom stereocenters. The van der Waals surface area contributed by atoms with Crippen LogP contribution in [-0.2, 0) is 13.0 Å². The van der Waals surface area contributed by atoms with Gasteiger partial charge in [-0.25, -0.2) is 0 Å². The van der Waals surface area contributed by atoms with E-state index in [4.69, 9.17) is 0 Å². The molecule has 0 aliphatic heterocycles. The highest BCUT2D eigenvalue weighted by molar-refractivity contribution is 6.08. The van der Waals surface area contributed by atoms with Crippen molar-refractivity contribution >= 4 is 21.8 Å². The summed E-state index contributed by atoms with van der Waals surface area (Å²) in [5, 5.41) is 2.76. The zero-order chi connectivity index (χ0) is 16.1. The van der Waals surface area contributed by atoms with Crippen LogP contribution in [0.4, 0.5) is 0 Å². The van der Waals surface area contributed by atoms with E-state index in [0.29, 0.717) is 0 Å². The normalized spacial score (nSPS) is 11.3. The minimum atomic E-state index is 1.02. The van der Waals surface area contributed by atoms with E-state index in [0.717, 1.165) is 13.0 Å². The van der Waals surface area contributed by atoms with E-state index in [-0.39, 0.29) is 0 Å². The van der Waals surface area contributed by atoms with E-state index in [9.17, 15) is 0 Å². The molecule has 1 nitrogen and oxygen atoms in total. The van der Waals surface area contributed by atoms with Crippen molar-refractivity contribution in [3.8, 4) is 0 Å². The highest BCUT2D eigenvalue weighted by Crippen LogP contribution is 2.29. The Morgan fingerprint density at radius 1 is 0.913 bits per heavy atom. The summed E-state index contributed by atoms with van der Waals surface area (Å²) in [6.45, 7) is 7.04. The molecule has 0 unspecified atom stereocenters. The highest BCUT2D eigenvalue weighted by atomic mass is 15.0. The van der Waals surface area contributed by atoms with Crippen LogP contribution in [0.25, 0.3) is 21.8 Å². The lowest BCUT2D eigenvalue weighted by Crippen LogP contribution is -1.94. The summed E-state index contributed by atoms with van der Waals surface area (Å²) in [4.78, 5) is 0. The van der Waals surface area contributed by atoms with Crippen molar-refractivity contribution in [1.29, 1.82) is 0 Å². The SMILES string of the molecule is C=CCCCCCCc1ccc2c3ccccc3n(CC)c2c1. The molecule has 0 radical (unpaired) electrons. The molecule has 0 aliphatic rings. The largest absolute Gasteiger partial charge is 0.341 e. The Bertz CT molecular complexity index is 794. The van der Waals surface area contributed by atoms with Crippen LogP contribution >= 0.6 is 0 Å². The molecule has 1 aromatic heterocycles. The van der Waals surface area contributed by atoms with E-state index in [1.165, 1.54) is 59.5 Å². The maximum Gasteiger partial charge on any atom is 0.0494 e. The molecule has 0 bridgehead atoms. The summed E-state index contributed by atoms with van der Waals surface area (Å²) < 4.78 is 2.44. The van der Waals surface area contributed by atoms with Crippen LogP contribution in [0.15, 0.2) is 55.1 Å². The predicted octanol–water partition coefficient (Wildman–Crippen LogP) is 6.49. The maximum absolute atomic E-state index is 3.79. The second-order valence-corrected chi connectivity index (χ2v) is 6.35. The molecule has 0 fully saturated rings. The fourth-order valence-electron chi connectivity index (χ4n) is 3.56. The Kier molecular flexibility index (Phi) is 5.17. The predicted molar refractivity (Wildman–Crippen MR) is 102 cm³/mol. The van der Waals surface area contributed by atoms with Gasteiger partial charge in [-0.3, -0.25) is 0 Å². The zero-order valence-electron chi connectivity index (χ0n) is 14.2. The van der Waals surface area contributed by atoms with Crippen molar-refractivity contribution in [3.05, 3.63) is 60.7 Å². The minimum absolute atomic E-state index is 1.02. The van der Waals surface area contributed by atoms with Gasteiger partial charge in [0.15, 0.2) is 0 Å². The van der Waals surface area contributed by atoms with Crippen molar-refractivity contribution in [2.24, 2.45) is 0 Å². The second kappa shape index (κ2) is 7.50. The van der Waals surface area contributed by atoms with Gasteiger partial charge in [-0.2, -0.15) is 0 Å². The number of aromatic nitrogens is 1. The summed E-state index contributed by atoms with van der Waals surface area (Å²) in [6, 6.07) is 15.8. The molecule has 1 heterocycles. The first kappa shape index (κ1) is 15.9. The van der Waals surface area contributed by atoms with Crippen LogP contribution in [0, 0.1) is 0 Å². The zero-order valence-corrected chi connectivity index (χ0v) is 14.2. The molecule has 120 valence electrons. The van der Waals surface area contributed by atoms with Crippen LogP contribution in [0.3, 0.4) is 0 Å². The molecule has 0 amide bonds. The van der Waals surface area contributed by atoms with E-state index < -0.39 is 0 Å². The third kappa shape index (κ3) is 3.34. The van der Waals surface area contributed by atoms with Gasteiger partial charge in [0.2, 0.25) is 0 Å². The first-order valence-corrected chi connectivity index (χ1v) is 8.96. The molecule has 0 saturated carbocycles. The average molecular weight is 305 g/mol. The van der Waals surface area contributed by atoms with E-state index >= 15 is 0 Å². The third-order valence-corrected chi connectivity index (χ3v) is 4.78. The standard InChI is InChI=1S/C22H27N/c1-3-5-6-7-8-9-12-18-15-16-20-19-13-10-11-14-21(19)23(4-2)22(20)17-18/h3,10-11,13-17H,1,4-9,12H2,2H3. The molecule has 0 N–H and O–H groups in total. The number of allylic oxidation sites excluding steroid dienone is 1. The van der Waals surface area contributed by atoms with Gasteiger partial charge < -0.3 is 4.57 Å². The van der Waals surface area contributed by atoms with E-state index in [2.05, 4.69) is 60.5 Å². The molecular weight excluding hydrogens is 278 g/mol. The Labute approximate surface area is 139 Å². The molecule has 3 rings (SSSR count). The number of hydrogen-bond donors (Lipinski definition) is 0. The Morgan fingerprint density at radius 2 is 1.70 bits per heavy atom. The third-order valence-electron chi connectivity index (χ3n) is 4.78. The fraction of sp³-hybridized carbons (Fsp3) is 0.364. The van der Waals surface area contributed by atoms with E-state index in [1.54, 1.807) is 0 Å². The number of fused-ring (bicyclic) bond motifs is 3. The van der Waals surface area contributed by atoms with Gasteiger partial charge in [0, 0.05) is 28.4 Å². The first-order chi connectivity index (χ1) is 11.3. The number of rotatable bonds is 8. The van der Waals surface area contributed by atoms with Crippen LogP contribution in [0.2, 0.25) is 0 Å². The summed E-state index contributed by atoms with van der Waals surface area (Å²) >= 11 is 0. The van der Waals surface area contributed by atoms with Crippen molar-refractivity contribution in [3.63, 3.8) is 0 Å². The van der Waals surface area contributed by atoms with Gasteiger partial charge in [-0.05, 0) is 50.3 Å². The molecule has 3 aromatic rings. The van der Waals surface area contributed by atoms with Crippen molar-refractivity contribution in [1.82, 2.24) is 4.57 Å². The lowest BCUT2D eigenvalue weighted by molar-refractivity contribution is 0.646. The number of hydrogen-bond acceptors (Lipinski definition) is 0. The van der Waals surface area contributed by atoms with Gasteiger partial charge in [0.1, 0.15) is 0 Å². The smallest absolute Gasteiger partial charge is 0.0494 e. The van der Waals surface area contributed by atoms with Crippen molar-refractivity contribution < 1.29 is 0 Å². The van der Waals surface area contributed by atoms with E-state index in [1.807, 2.05) is 6.08 Å². The number of unbranched alkanes of at least 4 members (excludes halogenated alkanes) is 4. The average Bonchev–Trinajstić information content (AvgIpc) is 2.91. The van der Waals surface area contributed by atoms with Crippen LogP contribution in [0.5, 0.6) is 0 Å². The molecule has 0 spiro atoms. The Hall–Kier alpha value is -2.02. The topological polar surface area (TPSA) is 4.93 Å². The molecule has 1 heteroatoms. The quantitative estimate of drug-likeness (QED) is 0.331. The van der Waals surface area contributed by atoms with Gasteiger partial charge >= 0.3 is 0 Å². The number of nitrogens with zero attached hydrogens (tertiary/aromatic N) is 1. The van der Waals surface area contributed by atoms with Crippen LogP contribution in [0.1, 0.15) is 44.6 Å². The first-order valence-electron chi connectivity index (χ1n) is 8.96. The summed E-state index contributed by atoms with van der Waals surface area (Å²) in [5.41, 5.74) is 4.21. The highest BCUT2D eigenvalue weighted by Gasteiger charge is 2.09. The Morgan fingerprint density at radius 3 is 2.52 bits per heavy atom. The lowest BCUT2D eigenvalue weighted by Gasteiger charge is -2.06. The maximum atomic E-state index is 3.79. The lowest BCUT2D eigenvalue weighted by atomic mass is 10.0. The number of para-hydroxylation sites is 1. The van der Waals surface area contributed by atoms with Crippen LogP contribution < -0.4 is 0 Å². The fourth-order valence-corrected chi connectivity index (χ4v) is 3.56. The van der Waals surface area contributed by atoms with Crippen molar-refractivity contribution in [2.45, 2.75) is 52.0 Å². The Balaban J connectivity index is 1.79.